The fourth-order valence-corrected chi connectivity index (χ4v) is 5.49. The van der Waals surface area contributed by atoms with Gasteiger partial charge in [-0.2, -0.15) is 0 Å². The molecular formula is C26H31N7O3S. The van der Waals surface area contributed by atoms with Crippen molar-refractivity contribution in [2.24, 2.45) is 0 Å². The van der Waals surface area contributed by atoms with Gasteiger partial charge in [0.2, 0.25) is 11.9 Å². The lowest BCUT2D eigenvalue weighted by Crippen LogP contribution is -2.51. The average molecular weight is 522 g/mol. The average Bonchev–Trinajstić information content (AvgIpc) is 3.51. The van der Waals surface area contributed by atoms with Crippen molar-refractivity contribution in [1.82, 2.24) is 29.7 Å². The fourth-order valence-electron chi connectivity index (χ4n) is 4.68. The molecule has 4 heterocycles. The summed E-state index contributed by atoms with van der Waals surface area (Å²) in [6.45, 7) is 5.51. The number of benzene rings is 1. The molecule has 11 heteroatoms. The maximum absolute atomic E-state index is 12.8. The van der Waals surface area contributed by atoms with E-state index in [9.17, 15) is 14.7 Å². The van der Waals surface area contributed by atoms with Crippen LogP contribution in [0, 0.1) is 0 Å². The molecule has 5 rings (SSSR count). The van der Waals surface area contributed by atoms with Crippen LogP contribution in [0.4, 0.5) is 5.95 Å². The van der Waals surface area contributed by atoms with Gasteiger partial charge in [0.15, 0.2) is 5.60 Å². The van der Waals surface area contributed by atoms with Crippen LogP contribution in [0.5, 0.6) is 0 Å². The zero-order chi connectivity index (χ0) is 26.2. The minimum atomic E-state index is -1.50. The molecule has 2 saturated heterocycles. The first-order valence-electron chi connectivity index (χ1n) is 12.4. The van der Waals surface area contributed by atoms with Crippen molar-refractivity contribution in [3.63, 3.8) is 0 Å². The maximum atomic E-state index is 12.8. The molecule has 0 spiro atoms. The molecule has 1 aromatic carbocycles. The van der Waals surface area contributed by atoms with Gasteiger partial charge in [0.25, 0.3) is 5.91 Å². The third-order valence-electron chi connectivity index (χ3n) is 7.05. The Morgan fingerprint density at radius 2 is 1.89 bits per heavy atom. The van der Waals surface area contributed by atoms with Crippen molar-refractivity contribution in [1.29, 1.82) is 0 Å². The van der Waals surface area contributed by atoms with E-state index in [1.165, 1.54) is 11.3 Å². The number of piperazine rings is 1. The summed E-state index contributed by atoms with van der Waals surface area (Å²) < 4.78 is 0. The molecule has 10 nitrogen and oxygen atoms in total. The van der Waals surface area contributed by atoms with Gasteiger partial charge in [0.1, 0.15) is 16.7 Å². The van der Waals surface area contributed by atoms with Gasteiger partial charge in [0, 0.05) is 63.3 Å². The molecule has 194 valence electrons. The number of anilines is 1. The van der Waals surface area contributed by atoms with Crippen LogP contribution in [0.1, 0.15) is 18.9 Å². The van der Waals surface area contributed by atoms with Crippen molar-refractivity contribution < 1.29 is 14.7 Å². The summed E-state index contributed by atoms with van der Waals surface area (Å²) in [5.41, 5.74) is 1.22. The minimum absolute atomic E-state index is 0.0338. The number of nitrogens with one attached hydrogen (secondary N) is 1. The molecule has 0 saturated carbocycles. The Balaban J connectivity index is 1.31. The molecular weight excluding hydrogens is 490 g/mol. The largest absolute Gasteiger partial charge is 0.375 e. The van der Waals surface area contributed by atoms with Gasteiger partial charge >= 0.3 is 0 Å². The van der Waals surface area contributed by atoms with E-state index >= 15 is 0 Å². The normalized spacial score (nSPS) is 21.4. The zero-order valence-corrected chi connectivity index (χ0v) is 22.0. The van der Waals surface area contributed by atoms with E-state index in [-0.39, 0.29) is 11.8 Å². The smallest absolute Gasteiger partial charge is 0.258 e. The van der Waals surface area contributed by atoms with Crippen LogP contribution in [0.15, 0.2) is 41.9 Å². The molecule has 2 N–H and O–H groups in total. The predicted octanol–water partition coefficient (Wildman–Crippen LogP) is 1.89. The predicted molar refractivity (Wildman–Crippen MR) is 142 cm³/mol. The molecule has 2 aliphatic rings. The first-order chi connectivity index (χ1) is 17.7. The van der Waals surface area contributed by atoms with Gasteiger partial charge in [-0.15, -0.1) is 11.3 Å². The maximum Gasteiger partial charge on any atom is 0.258 e. The second-order valence-electron chi connectivity index (χ2n) is 9.72. The van der Waals surface area contributed by atoms with Crippen LogP contribution in [-0.2, 0) is 15.2 Å². The molecule has 1 unspecified atom stereocenters. The first-order valence-corrected chi connectivity index (χ1v) is 13.2. The second kappa shape index (κ2) is 10.2. The van der Waals surface area contributed by atoms with E-state index in [0.29, 0.717) is 49.0 Å². The number of likely N-dealkylation sites (tertiary alicyclic amines) is 1. The topological polar surface area (TPSA) is 115 Å². The lowest BCUT2D eigenvalue weighted by molar-refractivity contribution is -0.143. The van der Waals surface area contributed by atoms with Gasteiger partial charge in [0.05, 0.1) is 5.69 Å². The Morgan fingerprint density at radius 3 is 2.62 bits per heavy atom. The van der Waals surface area contributed by atoms with Crippen LogP contribution in [0.2, 0.25) is 0 Å². The van der Waals surface area contributed by atoms with E-state index in [1.807, 2.05) is 35.4 Å². The Hall–Kier alpha value is -3.41. The number of nitrogens with zero attached hydrogens (tertiary/aromatic N) is 6. The van der Waals surface area contributed by atoms with E-state index in [4.69, 9.17) is 4.98 Å². The number of aromatic nitrogens is 3. The standard InChI is InChI=1S/C26H31N7O3S/c1-17(23(34)33-13-11-31(2)12-14-33)28-25-27-9-7-20(30-25)21-16-37-22(29-21)18-5-4-6-19(15-18)26(36)8-10-32(3)24(26)35/h4-7,9,15-17,36H,8,10-14H2,1-3H3,(H,27,28,30)/t17?,26-/m1/s1. The van der Waals surface area contributed by atoms with E-state index < -0.39 is 11.6 Å². The van der Waals surface area contributed by atoms with Crippen LogP contribution >= 0.6 is 11.3 Å². The number of hydrogen-bond donors (Lipinski definition) is 2. The highest BCUT2D eigenvalue weighted by Crippen LogP contribution is 2.36. The number of hydrogen-bond acceptors (Lipinski definition) is 9. The van der Waals surface area contributed by atoms with Crippen molar-refractivity contribution in [3.8, 4) is 22.0 Å². The van der Waals surface area contributed by atoms with Crippen molar-refractivity contribution in [3.05, 3.63) is 47.5 Å². The lowest BCUT2D eigenvalue weighted by atomic mass is 9.91. The summed E-state index contributed by atoms with van der Waals surface area (Å²) in [5.74, 6) is 0.118. The zero-order valence-electron chi connectivity index (χ0n) is 21.2. The van der Waals surface area contributed by atoms with Crippen LogP contribution in [0.25, 0.3) is 22.0 Å². The molecule has 0 bridgehead atoms. The Labute approximate surface area is 220 Å². The number of carbonyl (C=O) groups excluding carboxylic acids is 2. The summed E-state index contributed by atoms with van der Waals surface area (Å²) in [6.07, 6.45) is 2.01. The summed E-state index contributed by atoms with van der Waals surface area (Å²) in [4.78, 5) is 44.7. The van der Waals surface area contributed by atoms with Crippen LogP contribution in [0.3, 0.4) is 0 Å². The molecule has 37 heavy (non-hydrogen) atoms. The minimum Gasteiger partial charge on any atom is -0.375 e. The molecule has 2 amide bonds. The summed E-state index contributed by atoms with van der Waals surface area (Å²) in [6, 6.07) is 8.69. The number of amides is 2. The summed E-state index contributed by atoms with van der Waals surface area (Å²) >= 11 is 1.46. The fraction of sp³-hybridized carbons (Fsp3) is 0.423. The summed E-state index contributed by atoms with van der Waals surface area (Å²) in [7, 11) is 3.76. The molecule has 2 atom stereocenters. The lowest BCUT2D eigenvalue weighted by Gasteiger charge is -2.34. The van der Waals surface area contributed by atoms with Crippen molar-refractivity contribution in [2.45, 2.75) is 25.0 Å². The highest BCUT2D eigenvalue weighted by molar-refractivity contribution is 7.13. The van der Waals surface area contributed by atoms with Crippen LogP contribution < -0.4 is 5.32 Å². The van der Waals surface area contributed by atoms with E-state index in [2.05, 4.69) is 27.2 Å². The highest BCUT2D eigenvalue weighted by Gasteiger charge is 2.45. The van der Waals surface area contributed by atoms with Gasteiger partial charge in [-0.25, -0.2) is 15.0 Å². The first kappa shape index (κ1) is 25.2. The third kappa shape index (κ3) is 5.07. The molecule has 3 aromatic rings. The number of thiazole rings is 1. The van der Waals surface area contributed by atoms with E-state index in [1.54, 1.807) is 30.3 Å². The van der Waals surface area contributed by atoms with Crippen LogP contribution in [-0.4, -0.2) is 99.4 Å². The molecule has 2 fully saturated rings. The SMILES string of the molecule is CC(Nc1nccc(-c2csc(-c3cccc([C@]4(O)CCN(C)C4=O)c3)n2)n1)C(=O)N1CCN(C)CC1. The number of rotatable bonds is 6. The Bertz CT molecular complexity index is 1310. The molecule has 0 aliphatic carbocycles. The highest BCUT2D eigenvalue weighted by atomic mass is 32.1. The summed E-state index contributed by atoms with van der Waals surface area (Å²) in [5, 5.41) is 16.8. The Morgan fingerprint density at radius 1 is 1.11 bits per heavy atom. The van der Waals surface area contributed by atoms with Gasteiger partial charge in [-0.3, -0.25) is 9.59 Å². The van der Waals surface area contributed by atoms with Crippen molar-refractivity contribution >= 4 is 29.1 Å². The van der Waals surface area contributed by atoms with Gasteiger partial charge in [-0.05, 0) is 31.7 Å². The number of aliphatic hydroxyl groups is 1. The van der Waals surface area contributed by atoms with Gasteiger partial charge in [-0.1, -0.05) is 18.2 Å². The quantitative estimate of drug-likeness (QED) is 0.506. The monoisotopic (exact) mass is 521 g/mol. The second-order valence-corrected chi connectivity index (χ2v) is 10.6. The van der Waals surface area contributed by atoms with E-state index in [0.717, 1.165) is 23.7 Å². The Kier molecular flexibility index (Phi) is 6.93. The number of carbonyl (C=O) groups is 2. The number of likely N-dealkylation sites (N-methyl/N-ethyl adjacent to an activating group) is 2. The molecule has 0 radical (unpaired) electrons. The van der Waals surface area contributed by atoms with Gasteiger partial charge < -0.3 is 25.1 Å². The third-order valence-corrected chi connectivity index (χ3v) is 7.94. The molecule has 2 aliphatic heterocycles. The van der Waals surface area contributed by atoms with Crippen molar-refractivity contribution in [2.75, 3.05) is 52.1 Å². The molecule has 2 aromatic heterocycles.